The Hall–Kier alpha value is -4.05. The first-order valence-electron chi connectivity index (χ1n) is 8.97. The van der Waals surface area contributed by atoms with E-state index in [1.165, 1.54) is 6.26 Å². The minimum absolute atomic E-state index is 0.123. The van der Waals surface area contributed by atoms with Gasteiger partial charge in [-0.15, -0.1) is 0 Å². The predicted molar refractivity (Wildman–Crippen MR) is 106 cm³/mol. The molecule has 2 aromatic carbocycles. The van der Waals surface area contributed by atoms with Crippen LogP contribution >= 0.6 is 0 Å². The van der Waals surface area contributed by atoms with Gasteiger partial charge in [-0.05, 0) is 42.0 Å². The summed E-state index contributed by atoms with van der Waals surface area (Å²) in [6.45, 7) is 0.503. The van der Waals surface area contributed by atoms with Gasteiger partial charge in [-0.1, -0.05) is 18.2 Å². The standard InChI is InChI=1S/C22H19N3O4/c23-14-16-4-1-5-17(12-16)15-29-19-7-2-6-18(13-19)25-21(26)9-10-24-22(27)20-8-3-11-28-20/h1-8,11-13H,9-10,15H2,(H,24,27)(H,25,26). The van der Waals surface area contributed by atoms with E-state index in [9.17, 15) is 9.59 Å². The van der Waals surface area contributed by atoms with Crippen molar-refractivity contribution in [1.29, 1.82) is 5.26 Å². The number of amides is 2. The molecule has 3 rings (SSSR count). The third-order valence-electron chi connectivity index (χ3n) is 3.96. The Morgan fingerprint density at radius 2 is 1.93 bits per heavy atom. The predicted octanol–water partition coefficient (Wildman–Crippen LogP) is 3.49. The lowest BCUT2D eigenvalue weighted by atomic mass is 10.1. The van der Waals surface area contributed by atoms with Crippen molar-refractivity contribution in [3.05, 3.63) is 83.8 Å². The highest BCUT2D eigenvalue weighted by atomic mass is 16.5. The summed E-state index contributed by atoms with van der Waals surface area (Å²) in [6, 6.07) is 19.5. The molecule has 146 valence electrons. The lowest BCUT2D eigenvalue weighted by Crippen LogP contribution is -2.27. The second-order valence-corrected chi connectivity index (χ2v) is 6.16. The zero-order valence-corrected chi connectivity index (χ0v) is 15.6. The Kier molecular flexibility index (Phi) is 6.63. The number of benzene rings is 2. The first-order valence-corrected chi connectivity index (χ1v) is 8.97. The number of anilines is 1. The van der Waals surface area contributed by atoms with Gasteiger partial charge in [0.25, 0.3) is 5.91 Å². The van der Waals surface area contributed by atoms with Crippen LogP contribution in [0.25, 0.3) is 0 Å². The zero-order valence-electron chi connectivity index (χ0n) is 15.6. The Morgan fingerprint density at radius 3 is 2.72 bits per heavy atom. The summed E-state index contributed by atoms with van der Waals surface area (Å²) in [5.74, 6) is 0.203. The van der Waals surface area contributed by atoms with Crippen molar-refractivity contribution in [2.24, 2.45) is 0 Å². The fourth-order valence-electron chi connectivity index (χ4n) is 2.57. The largest absolute Gasteiger partial charge is 0.489 e. The Bertz CT molecular complexity index is 1020. The van der Waals surface area contributed by atoms with Crippen molar-refractivity contribution >= 4 is 17.5 Å². The number of ether oxygens (including phenoxy) is 1. The Labute approximate surface area is 167 Å². The SMILES string of the molecule is N#Cc1cccc(COc2cccc(NC(=O)CCNC(=O)c3ccco3)c2)c1. The molecule has 0 spiro atoms. The average molecular weight is 389 g/mol. The fourth-order valence-corrected chi connectivity index (χ4v) is 2.57. The van der Waals surface area contributed by atoms with Crippen molar-refractivity contribution in [2.45, 2.75) is 13.0 Å². The van der Waals surface area contributed by atoms with Gasteiger partial charge in [-0.3, -0.25) is 9.59 Å². The molecule has 1 aromatic heterocycles. The number of nitriles is 1. The van der Waals surface area contributed by atoms with Gasteiger partial charge in [-0.2, -0.15) is 5.26 Å². The number of nitrogens with zero attached hydrogens (tertiary/aromatic N) is 1. The molecule has 1 heterocycles. The molecular formula is C22H19N3O4. The second kappa shape index (κ2) is 9.76. The van der Waals surface area contributed by atoms with Gasteiger partial charge in [0.05, 0.1) is 17.9 Å². The van der Waals surface area contributed by atoms with E-state index in [1.54, 1.807) is 54.6 Å². The van der Waals surface area contributed by atoms with E-state index >= 15 is 0 Å². The van der Waals surface area contributed by atoms with E-state index in [-0.39, 0.29) is 30.5 Å². The van der Waals surface area contributed by atoms with Gasteiger partial charge in [0.1, 0.15) is 12.4 Å². The number of carbonyl (C=O) groups excluding carboxylic acids is 2. The summed E-state index contributed by atoms with van der Waals surface area (Å²) < 4.78 is 10.7. The maximum Gasteiger partial charge on any atom is 0.286 e. The summed E-state index contributed by atoms with van der Waals surface area (Å²) in [7, 11) is 0. The van der Waals surface area contributed by atoms with Gasteiger partial charge < -0.3 is 19.8 Å². The second-order valence-electron chi connectivity index (χ2n) is 6.16. The maximum absolute atomic E-state index is 12.1. The minimum atomic E-state index is -0.362. The van der Waals surface area contributed by atoms with E-state index in [0.717, 1.165) is 5.56 Å². The molecule has 7 nitrogen and oxygen atoms in total. The molecule has 7 heteroatoms. The number of hydrogen-bond donors (Lipinski definition) is 2. The third-order valence-corrected chi connectivity index (χ3v) is 3.96. The molecule has 0 saturated heterocycles. The molecule has 2 N–H and O–H groups in total. The molecule has 0 aliphatic rings. The quantitative estimate of drug-likeness (QED) is 0.614. The highest BCUT2D eigenvalue weighted by Gasteiger charge is 2.09. The smallest absolute Gasteiger partial charge is 0.286 e. The van der Waals surface area contributed by atoms with Crippen molar-refractivity contribution in [1.82, 2.24) is 5.32 Å². The molecular weight excluding hydrogens is 370 g/mol. The molecule has 29 heavy (non-hydrogen) atoms. The number of furan rings is 1. The van der Waals surface area contributed by atoms with Crippen LogP contribution in [-0.2, 0) is 11.4 Å². The number of hydrogen-bond acceptors (Lipinski definition) is 5. The topological polar surface area (TPSA) is 104 Å². The van der Waals surface area contributed by atoms with Crippen LogP contribution in [0.1, 0.15) is 28.1 Å². The van der Waals surface area contributed by atoms with Gasteiger partial charge in [0.2, 0.25) is 5.91 Å². The number of rotatable bonds is 8. The molecule has 3 aromatic rings. The summed E-state index contributed by atoms with van der Waals surface area (Å²) in [4.78, 5) is 23.8. The van der Waals surface area contributed by atoms with Crippen LogP contribution < -0.4 is 15.4 Å². The Balaban J connectivity index is 1.46. The van der Waals surface area contributed by atoms with E-state index in [0.29, 0.717) is 23.6 Å². The molecule has 0 atom stereocenters. The lowest BCUT2D eigenvalue weighted by molar-refractivity contribution is -0.116. The highest BCUT2D eigenvalue weighted by Crippen LogP contribution is 2.19. The summed E-state index contributed by atoms with van der Waals surface area (Å²) in [5, 5.41) is 14.3. The molecule has 0 bridgehead atoms. The van der Waals surface area contributed by atoms with Crippen LogP contribution in [0.5, 0.6) is 5.75 Å². The number of nitrogens with one attached hydrogen (secondary N) is 2. The molecule has 0 unspecified atom stereocenters. The van der Waals surface area contributed by atoms with Crippen LogP contribution in [0, 0.1) is 11.3 Å². The summed E-state index contributed by atoms with van der Waals surface area (Å²) in [6.07, 6.45) is 1.54. The van der Waals surface area contributed by atoms with Gasteiger partial charge in [0, 0.05) is 24.7 Å². The van der Waals surface area contributed by atoms with E-state index in [4.69, 9.17) is 14.4 Å². The fraction of sp³-hybridized carbons (Fsp3) is 0.136. The summed E-state index contributed by atoms with van der Waals surface area (Å²) in [5.41, 5.74) is 2.05. The minimum Gasteiger partial charge on any atom is -0.489 e. The lowest BCUT2D eigenvalue weighted by Gasteiger charge is -2.10. The third kappa shape index (κ3) is 5.97. The van der Waals surface area contributed by atoms with E-state index in [2.05, 4.69) is 16.7 Å². The molecule has 0 fully saturated rings. The van der Waals surface area contributed by atoms with Crippen LogP contribution in [0.15, 0.2) is 71.3 Å². The maximum atomic E-state index is 12.1. The van der Waals surface area contributed by atoms with Crippen LogP contribution in [0.4, 0.5) is 5.69 Å². The van der Waals surface area contributed by atoms with Crippen molar-refractivity contribution in [3.8, 4) is 11.8 Å². The van der Waals surface area contributed by atoms with Crippen molar-refractivity contribution in [3.63, 3.8) is 0 Å². The van der Waals surface area contributed by atoms with Crippen LogP contribution in [0.2, 0.25) is 0 Å². The molecule has 0 saturated carbocycles. The monoisotopic (exact) mass is 389 g/mol. The first-order chi connectivity index (χ1) is 14.1. The Morgan fingerprint density at radius 1 is 1.07 bits per heavy atom. The average Bonchev–Trinajstić information content (AvgIpc) is 3.28. The highest BCUT2D eigenvalue weighted by molar-refractivity contribution is 5.93. The molecule has 2 amide bonds. The van der Waals surface area contributed by atoms with Crippen LogP contribution in [-0.4, -0.2) is 18.4 Å². The molecule has 0 radical (unpaired) electrons. The first kappa shape index (κ1) is 19.7. The van der Waals surface area contributed by atoms with E-state index in [1.807, 2.05) is 6.07 Å². The van der Waals surface area contributed by atoms with Gasteiger partial charge in [-0.25, -0.2) is 0 Å². The summed E-state index contributed by atoms with van der Waals surface area (Å²) >= 11 is 0. The molecule has 0 aliphatic carbocycles. The van der Waals surface area contributed by atoms with Crippen LogP contribution in [0.3, 0.4) is 0 Å². The zero-order chi connectivity index (χ0) is 20.5. The van der Waals surface area contributed by atoms with Gasteiger partial charge >= 0.3 is 0 Å². The molecule has 0 aliphatic heterocycles. The van der Waals surface area contributed by atoms with Gasteiger partial charge in [0.15, 0.2) is 5.76 Å². The van der Waals surface area contributed by atoms with E-state index < -0.39 is 0 Å². The van der Waals surface area contributed by atoms with Crippen molar-refractivity contribution < 1.29 is 18.7 Å². The van der Waals surface area contributed by atoms with Crippen molar-refractivity contribution in [2.75, 3.05) is 11.9 Å². The normalized spacial score (nSPS) is 10.0. The number of carbonyl (C=O) groups is 2.